The zero-order valence-corrected chi connectivity index (χ0v) is 11.4. The van der Waals surface area contributed by atoms with Crippen LogP contribution in [-0.4, -0.2) is 30.0 Å². The predicted molar refractivity (Wildman–Crippen MR) is 71.5 cm³/mol. The normalized spacial score (nSPS) is 18.7. The van der Waals surface area contributed by atoms with Gasteiger partial charge in [0.05, 0.1) is 5.56 Å². The highest BCUT2D eigenvalue weighted by atomic mass is 19.4. The fraction of sp³-hybridized carbons (Fsp3) is 0.500. The van der Waals surface area contributed by atoms with E-state index in [1.54, 1.807) is 4.90 Å². The van der Waals surface area contributed by atoms with Crippen LogP contribution in [0, 0.1) is 0 Å². The van der Waals surface area contributed by atoms with Crippen LogP contribution in [0.5, 0.6) is 0 Å². The molecule has 1 atom stereocenters. The number of hydrazine groups is 1. The number of nitrogens with two attached hydrogens (primary N) is 1. The van der Waals surface area contributed by atoms with Gasteiger partial charge in [0, 0.05) is 26.1 Å². The maximum Gasteiger partial charge on any atom is 0.416 e. The maximum atomic E-state index is 12.8. The van der Waals surface area contributed by atoms with Gasteiger partial charge in [0.25, 0.3) is 0 Å². The van der Waals surface area contributed by atoms with Crippen LogP contribution in [0.4, 0.5) is 24.8 Å². The lowest BCUT2D eigenvalue weighted by Crippen LogP contribution is -2.35. The van der Waals surface area contributed by atoms with Gasteiger partial charge in [0.15, 0.2) is 0 Å². The molecule has 0 aliphatic carbocycles. The van der Waals surface area contributed by atoms with Crippen LogP contribution in [0.3, 0.4) is 0 Å². The van der Waals surface area contributed by atoms with E-state index in [2.05, 4.69) is 15.7 Å². The van der Waals surface area contributed by atoms with Crippen molar-refractivity contribution in [1.82, 2.24) is 10.3 Å². The van der Waals surface area contributed by atoms with Crippen LogP contribution < -0.4 is 21.5 Å². The van der Waals surface area contributed by atoms with Gasteiger partial charge >= 0.3 is 6.18 Å². The standard InChI is InChI=1S/C12H16F3N5O/c1-7(21)17-9-2-3-20(6-9)11-5-8(12(13,14)15)4-10(18-11)19-16/h4-5,9H,2-3,6,16H2,1H3,(H,17,21)(H,18,19). The molecule has 0 aromatic carbocycles. The molecule has 1 aromatic rings. The Hall–Kier alpha value is -2.03. The number of nitrogens with zero attached hydrogens (tertiary/aromatic N) is 2. The molecule has 2 heterocycles. The quantitative estimate of drug-likeness (QED) is 0.575. The van der Waals surface area contributed by atoms with Crippen molar-refractivity contribution in [1.29, 1.82) is 0 Å². The summed E-state index contributed by atoms with van der Waals surface area (Å²) in [7, 11) is 0. The second-order valence-electron chi connectivity index (χ2n) is 4.87. The second-order valence-corrected chi connectivity index (χ2v) is 4.87. The molecular formula is C12H16F3N5O. The largest absolute Gasteiger partial charge is 0.416 e. The number of hydrogen-bond acceptors (Lipinski definition) is 5. The molecule has 1 fully saturated rings. The van der Waals surface area contributed by atoms with Gasteiger partial charge in [0.1, 0.15) is 11.6 Å². The Kier molecular flexibility index (Phi) is 4.21. The van der Waals surface area contributed by atoms with Crippen LogP contribution in [0.15, 0.2) is 12.1 Å². The van der Waals surface area contributed by atoms with E-state index in [9.17, 15) is 18.0 Å². The molecule has 116 valence electrons. The second kappa shape index (κ2) is 5.76. The van der Waals surface area contributed by atoms with Gasteiger partial charge in [-0.3, -0.25) is 4.79 Å². The van der Waals surface area contributed by atoms with Crippen LogP contribution in [0.2, 0.25) is 0 Å². The number of carbonyl (C=O) groups excluding carboxylic acids is 1. The van der Waals surface area contributed by atoms with Crippen molar-refractivity contribution in [3.05, 3.63) is 17.7 Å². The average Bonchev–Trinajstić information content (AvgIpc) is 2.84. The third-order valence-electron chi connectivity index (χ3n) is 3.21. The van der Waals surface area contributed by atoms with Gasteiger partial charge < -0.3 is 15.6 Å². The number of halogens is 3. The lowest BCUT2D eigenvalue weighted by Gasteiger charge is -2.20. The zero-order chi connectivity index (χ0) is 15.6. The van der Waals surface area contributed by atoms with E-state index in [-0.39, 0.29) is 23.6 Å². The first-order valence-corrected chi connectivity index (χ1v) is 6.37. The number of pyridine rings is 1. The molecule has 1 amide bonds. The molecule has 1 aromatic heterocycles. The van der Waals surface area contributed by atoms with Crippen LogP contribution in [0.1, 0.15) is 18.9 Å². The summed E-state index contributed by atoms with van der Waals surface area (Å²) < 4.78 is 38.5. The predicted octanol–water partition coefficient (Wildman–Crippen LogP) is 1.10. The number of aromatic nitrogens is 1. The summed E-state index contributed by atoms with van der Waals surface area (Å²) in [6.07, 6.45) is -3.82. The Labute approximate surface area is 119 Å². The highest BCUT2D eigenvalue weighted by Gasteiger charge is 2.33. The fourth-order valence-corrected chi connectivity index (χ4v) is 2.29. The minimum atomic E-state index is -4.47. The average molecular weight is 303 g/mol. The van der Waals surface area contributed by atoms with Crippen molar-refractivity contribution in [2.75, 3.05) is 23.4 Å². The number of alkyl halides is 3. The number of hydrogen-bond donors (Lipinski definition) is 3. The van der Waals surface area contributed by atoms with Gasteiger partial charge in [-0.1, -0.05) is 0 Å². The molecule has 0 bridgehead atoms. The Morgan fingerprint density at radius 3 is 2.76 bits per heavy atom. The van der Waals surface area contributed by atoms with Crippen molar-refractivity contribution in [3.63, 3.8) is 0 Å². The van der Waals surface area contributed by atoms with Gasteiger partial charge in [-0.25, -0.2) is 10.8 Å². The van der Waals surface area contributed by atoms with Crippen molar-refractivity contribution < 1.29 is 18.0 Å². The summed E-state index contributed by atoms with van der Waals surface area (Å²) >= 11 is 0. The van der Waals surface area contributed by atoms with E-state index >= 15 is 0 Å². The highest BCUT2D eigenvalue weighted by Crippen LogP contribution is 2.33. The Morgan fingerprint density at radius 1 is 1.48 bits per heavy atom. The molecule has 1 unspecified atom stereocenters. The van der Waals surface area contributed by atoms with Crippen molar-refractivity contribution in [3.8, 4) is 0 Å². The Balaban J connectivity index is 2.22. The lowest BCUT2D eigenvalue weighted by molar-refractivity contribution is -0.137. The smallest absolute Gasteiger partial charge is 0.354 e. The Morgan fingerprint density at radius 2 is 2.19 bits per heavy atom. The number of anilines is 2. The van der Waals surface area contributed by atoms with Gasteiger partial charge in [-0.2, -0.15) is 13.2 Å². The van der Waals surface area contributed by atoms with Crippen LogP contribution in [-0.2, 0) is 11.0 Å². The molecular weight excluding hydrogens is 287 g/mol. The van der Waals surface area contributed by atoms with Crippen molar-refractivity contribution >= 4 is 17.5 Å². The minimum Gasteiger partial charge on any atom is -0.354 e. The maximum absolute atomic E-state index is 12.8. The molecule has 2 rings (SSSR count). The zero-order valence-electron chi connectivity index (χ0n) is 11.4. The van der Waals surface area contributed by atoms with E-state index in [0.29, 0.717) is 19.5 Å². The number of nitrogens with one attached hydrogen (secondary N) is 2. The van der Waals surface area contributed by atoms with Crippen LogP contribution in [0.25, 0.3) is 0 Å². The molecule has 1 saturated heterocycles. The molecule has 21 heavy (non-hydrogen) atoms. The number of rotatable bonds is 3. The summed E-state index contributed by atoms with van der Waals surface area (Å²) in [6, 6.07) is 1.75. The van der Waals surface area contributed by atoms with Gasteiger partial charge in [-0.05, 0) is 18.6 Å². The first kappa shape index (κ1) is 15.4. The van der Waals surface area contributed by atoms with Gasteiger partial charge in [-0.15, -0.1) is 0 Å². The molecule has 4 N–H and O–H groups in total. The SMILES string of the molecule is CC(=O)NC1CCN(c2cc(C(F)(F)F)cc(NN)n2)C1. The Bertz CT molecular complexity index is 534. The van der Waals surface area contributed by atoms with Gasteiger partial charge in [0.2, 0.25) is 5.91 Å². The summed E-state index contributed by atoms with van der Waals surface area (Å²) in [5.41, 5.74) is 1.32. The monoisotopic (exact) mass is 303 g/mol. The third kappa shape index (κ3) is 3.75. The summed E-state index contributed by atoms with van der Waals surface area (Å²) in [5, 5.41) is 2.74. The van der Waals surface area contributed by atoms with E-state index in [1.165, 1.54) is 6.92 Å². The molecule has 0 saturated carbocycles. The van der Waals surface area contributed by atoms with E-state index in [1.807, 2.05) is 0 Å². The topological polar surface area (TPSA) is 83.3 Å². The number of amides is 1. The van der Waals surface area contributed by atoms with E-state index in [0.717, 1.165) is 12.1 Å². The van der Waals surface area contributed by atoms with E-state index < -0.39 is 11.7 Å². The lowest BCUT2D eigenvalue weighted by atomic mass is 10.2. The van der Waals surface area contributed by atoms with Crippen molar-refractivity contribution in [2.45, 2.75) is 25.6 Å². The molecule has 9 heteroatoms. The summed E-state index contributed by atoms with van der Waals surface area (Å²) in [4.78, 5) is 16.7. The molecule has 0 spiro atoms. The summed E-state index contributed by atoms with van der Waals surface area (Å²) in [5.74, 6) is 5.14. The van der Waals surface area contributed by atoms with Crippen molar-refractivity contribution in [2.24, 2.45) is 5.84 Å². The molecule has 1 aliphatic rings. The molecule has 1 aliphatic heterocycles. The van der Waals surface area contributed by atoms with Crippen LogP contribution >= 0.6 is 0 Å². The highest BCUT2D eigenvalue weighted by molar-refractivity contribution is 5.73. The molecule has 0 radical (unpaired) electrons. The first-order chi connectivity index (χ1) is 9.79. The fourth-order valence-electron chi connectivity index (χ4n) is 2.29. The number of carbonyl (C=O) groups is 1. The summed E-state index contributed by atoms with van der Waals surface area (Å²) in [6.45, 7) is 2.34. The number of nitrogen functional groups attached to an aromatic ring is 1. The third-order valence-corrected chi connectivity index (χ3v) is 3.21. The molecule has 6 nitrogen and oxygen atoms in total. The van der Waals surface area contributed by atoms with E-state index in [4.69, 9.17) is 5.84 Å². The first-order valence-electron chi connectivity index (χ1n) is 6.37. The minimum absolute atomic E-state index is 0.0530.